The van der Waals surface area contributed by atoms with Gasteiger partial charge in [-0.15, -0.1) is 0 Å². The highest BCUT2D eigenvalue weighted by Gasteiger charge is 2.11. The second kappa shape index (κ2) is 5.89. The van der Waals surface area contributed by atoms with Crippen molar-refractivity contribution >= 4 is 11.5 Å². The molecule has 2 rings (SSSR count). The van der Waals surface area contributed by atoms with E-state index < -0.39 is 0 Å². The normalized spacial score (nSPS) is 18.4. The number of nitrogens with zero attached hydrogens (tertiary/aromatic N) is 1. The Labute approximate surface area is 104 Å². The molecule has 0 saturated heterocycles. The van der Waals surface area contributed by atoms with Crippen molar-refractivity contribution in [3.05, 3.63) is 17.8 Å². The van der Waals surface area contributed by atoms with Crippen molar-refractivity contribution in [2.75, 3.05) is 11.1 Å². The van der Waals surface area contributed by atoms with E-state index in [9.17, 15) is 0 Å². The van der Waals surface area contributed by atoms with Crippen LogP contribution in [0.4, 0.5) is 11.5 Å². The van der Waals surface area contributed by atoms with E-state index in [0.29, 0.717) is 6.04 Å². The summed E-state index contributed by atoms with van der Waals surface area (Å²) in [6, 6.07) is 2.53. The van der Waals surface area contributed by atoms with E-state index >= 15 is 0 Å². The molecule has 0 aromatic carbocycles. The lowest BCUT2D eigenvalue weighted by molar-refractivity contribution is 0.471. The maximum atomic E-state index is 5.90. The van der Waals surface area contributed by atoms with Gasteiger partial charge in [0.15, 0.2) is 0 Å². The van der Waals surface area contributed by atoms with Gasteiger partial charge in [0.1, 0.15) is 5.82 Å². The Kier molecular flexibility index (Phi) is 4.24. The van der Waals surface area contributed by atoms with Gasteiger partial charge in [0.25, 0.3) is 0 Å². The summed E-state index contributed by atoms with van der Waals surface area (Å²) in [5, 5.41) is 3.53. The number of nitrogens with one attached hydrogen (secondary N) is 1. The van der Waals surface area contributed by atoms with Gasteiger partial charge in [-0.05, 0) is 25.3 Å². The fourth-order valence-electron chi connectivity index (χ4n) is 2.43. The molecular weight excluding hydrogens is 210 g/mol. The minimum Gasteiger partial charge on any atom is -0.398 e. The Balaban J connectivity index is 1.95. The molecule has 1 aliphatic carbocycles. The van der Waals surface area contributed by atoms with Gasteiger partial charge in [0, 0.05) is 24.0 Å². The molecule has 0 spiro atoms. The molecule has 3 N–H and O–H groups in total. The quantitative estimate of drug-likeness (QED) is 0.822. The summed E-state index contributed by atoms with van der Waals surface area (Å²) < 4.78 is 0. The third-order valence-electron chi connectivity index (χ3n) is 3.60. The number of hydrogen-bond donors (Lipinski definition) is 2. The summed E-state index contributed by atoms with van der Waals surface area (Å²) in [7, 11) is 0. The number of nitrogens with two attached hydrogens (primary N) is 1. The zero-order valence-electron chi connectivity index (χ0n) is 10.7. The lowest BCUT2D eigenvalue weighted by Gasteiger charge is -2.21. The van der Waals surface area contributed by atoms with E-state index in [1.165, 1.54) is 44.9 Å². The van der Waals surface area contributed by atoms with E-state index in [1.54, 1.807) is 0 Å². The van der Waals surface area contributed by atoms with Crippen molar-refractivity contribution in [1.29, 1.82) is 0 Å². The second-order valence-electron chi connectivity index (χ2n) is 5.11. The summed E-state index contributed by atoms with van der Waals surface area (Å²) in [6.07, 6.45) is 11.2. The number of aromatic nitrogens is 1. The van der Waals surface area contributed by atoms with Crippen LogP contribution in [0.5, 0.6) is 0 Å². The first kappa shape index (κ1) is 12.2. The summed E-state index contributed by atoms with van der Waals surface area (Å²) in [4.78, 5) is 4.40. The molecule has 0 atom stereocenters. The third-order valence-corrected chi connectivity index (χ3v) is 3.60. The van der Waals surface area contributed by atoms with Crippen LogP contribution >= 0.6 is 0 Å². The van der Waals surface area contributed by atoms with Crippen LogP contribution in [0.3, 0.4) is 0 Å². The van der Waals surface area contributed by atoms with Gasteiger partial charge < -0.3 is 11.1 Å². The van der Waals surface area contributed by atoms with Crippen LogP contribution in [0.2, 0.25) is 0 Å². The van der Waals surface area contributed by atoms with E-state index in [2.05, 4.69) is 10.3 Å². The maximum Gasteiger partial charge on any atom is 0.128 e. The highest BCUT2D eigenvalue weighted by molar-refractivity contribution is 5.53. The molecule has 94 valence electrons. The fourth-order valence-corrected chi connectivity index (χ4v) is 2.43. The number of pyridine rings is 1. The van der Waals surface area contributed by atoms with Crippen LogP contribution in [0, 0.1) is 6.92 Å². The first-order valence-electron chi connectivity index (χ1n) is 6.74. The zero-order chi connectivity index (χ0) is 12.1. The average molecular weight is 233 g/mol. The fraction of sp³-hybridized carbons (Fsp3) is 0.643. The molecule has 1 heterocycles. The number of anilines is 2. The number of nitrogen functional groups attached to an aromatic ring is 1. The van der Waals surface area contributed by atoms with Gasteiger partial charge in [-0.1, -0.05) is 32.1 Å². The summed E-state index contributed by atoms with van der Waals surface area (Å²) in [5.74, 6) is 0.929. The molecule has 3 nitrogen and oxygen atoms in total. The summed E-state index contributed by atoms with van der Waals surface area (Å²) >= 11 is 0. The number of rotatable bonds is 2. The predicted molar refractivity (Wildman–Crippen MR) is 73.1 cm³/mol. The van der Waals surface area contributed by atoms with E-state index in [-0.39, 0.29) is 0 Å². The van der Waals surface area contributed by atoms with Gasteiger partial charge in [-0.2, -0.15) is 0 Å². The Morgan fingerprint density at radius 3 is 2.47 bits per heavy atom. The highest BCUT2D eigenvalue weighted by Crippen LogP contribution is 2.21. The lowest BCUT2D eigenvalue weighted by Crippen LogP contribution is -2.21. The van der Waals surface area contributed by atoms with Gasteiger partial charge in [-0.25, -0.2) is 4.98 Å². The van der Waals surface area contributed by atoms with E-state index in [0.717, 1.165) is 17.1 Å². The molecule has 1 aliphatic rings. The molecule has 0 bridgehead atoms. The minimum absolute atomic E-state index is 0.574. The molecule has 1 saturated carbocycles. The molecule has 1 fully saturated rings. The van der Waals surface area contributed by atoms with Crippen LogP contribution in [0.1, 0.15) is 50.5 Å². The van der Waals surface area contributed by atoms with Gasteiger partial charge in [-0.3, -0.25) is 0 Å². The molecular formula is C14H23N3. The Bertz CT molecular complexity index is 354. The number of aryl methyl sites for hydroxylation is 1. The number of hydrogen-bond acceptors (Lipinski definition) is 3. The molecule has 0 amide bonds. The van der Waals surface area contributed by atoms with Crippen LogP contribution in [0.15, 0.2) is 12.3 Å². The van der Waals surface area contributed by atoms with Crippen molar-refractivity contribution in [2.24, 2.45) is 0 Å². The van der Waals surface area contributed by atoms with Crippen molar-refractivity contribution < 1.29 is 0 Å². The smallest absolute Gasteiger partial charge is 0.128 e. The molecule has 0 unspecified atom stereocenters. The van der Waals surface area contributed by atoms with Crippen LogP contribution in [0.25, 0.3) is 0 Å². The van der Waals surface area contributed by atoms with Crippen molar-refractivity contribution in [1.82, 2.24) is 4.98 Å². The second-order valence-corrected chi connectivity index (χ2v) is 5.11. The topological polar surface area (TPSA) is 50.9 Å². The molecule has 17 heavy (non-hydrogen) atoms. The van der Waals surface area contributed by atoms with Gasteiger partial charge >= 0.3 is 0 Å². The Morgan fingerprint density at radius 2 is 1.82 bits per heavy atom. The molecule has 0 radical (unpaired) electrons. The monoisotopic (exact) mass is 233 g/mol. The SMILES string of the molecule is Cc1cnc(NC2CCCCCCC2)cc1N. The van der Waals surface area contributed by atoms with Crippen LogP contribution in [-0.2, 0) is 0 Å². The van der Waals surface area contributed by atoms with Crippen LogP contribution in [-0.4, -0.2) is 11.0 Å². The van der Waals surface area contributed by atoms with Gasteiger partial charge in [0.05, 0.1) is 0 Å². The Morgan fingerprint density at radius 1 is 1.18 bits per heavy atom. The molecule has 1 aromatic rings. The zero-order valence-corrected chi connectivity index (χ0v) is 10.7. The average Bonchev–Trinajstić information content (AvgIpc) is 2.27. The van der Waals surface area contributed by atoms with E-state index in [4.69, 9.17) is 5.73 Å². The minimum atomic E-state index is 0.574. The first-order chi connectivity index (χ1) is 8.25. The first-order valence-corrected chi connectivity index (χ1v) is 6.74. The van der Waals surface area contributed by atoms with Crippen molar-refractivity contribution in [2.45, 2.75) is 57.9 Å². The summed E-state index contributed by atoms with van der Waals surface area (Å²) in [6.45, 7) is 1.99. The van der Waals surface area contributed by atoms with E-state index in [1.807, 2.05) is 19.2 Å². The van der Waals surface area contributed by atoms with Crippen LogP contribution < -0.4 is 11.1 Å². The lowest BCUT2D eigenvalue weighted by atomic mass is 9.97. The van der Waals surface area contributed by atoms with Gasteiger partial charge in [0.2, 0.25) is 0 Å². The largest absolute Gasteiger partial charge is 0.398 e. The molecule has 0 aliphatic heterocycles. The highest BCUT2D eigenvalue weighted by atomic mass is 15.0. The predicted octanol–water partition coefficient (Wildman–Crippen LogP) is 3.50. The standard InChI is InChI=1S/C14H23N3/c1-11-10-16-14(9-13(11)15)17-12-7-5-3-2-4-6-8-12/h9-10,12H,2-8H2,1H3,(H3,15,16,17). The van der Waals surface area contributed by atoms with Crippen molar-refractivity contribution in [3.8, 4) is 0 Å². The molecule has 3 heteroatoms. The summed E-state index contributed by atoms with van der Waals surface area (Å²) in [5.41, 5.74) is 7.78. The maximum absolute atomic E-state index is 5.90. The van der Waals surface area contributed by atoms with Crippen molar-refractivity contribution in [3.63, 3.8) is 0 Å². The molecule has 1 aromatic heterocycles. The Hall–Kier alpha value is -1.25. The third kappa shape index (κ3) is 3.62.